The second-order valence-electron chi connectivity index (χ2n) is 5.55. The molecule has 1 saturated carbocycles. The van der Waals surface area contributed by atoms with Gasteiger partial charge in [-0.3, -0.25) is 14.8 Å². The Morgan fingerprint density at radius 3 is 2.65 bits per heavy atom. The van der Waals surface area contributed by atoms with Crippen LogP contribution in [0.25, 0.3) is 11.0 Å². The summed E-state index contributed by atoms with van der Waals surface area (Å²) in [7, 11) is 0. The van der Waals surface area contributed by atoms with E-state index in [4.69, 9.17) is 5.26 Å². The Morgan fingerprint density at radius 1 is 1.20 bits per heavy atom. The third-order valence-corrected chi connectivity index (χ3v) is 3.95. The fourth-order valence-electron chi connectivity index (χ4n) is 3.13. The Morgan fingerprint density at radius 2 is 1.95 bits per heavy atom. The van der Waals surface area contributed by atoms with Gasteiger partial charge < -0.3 is 0 Å². The molecule has 0 spiro atoms. The van der Waals surface area contributed by atoms with Crippen LogP contribution in [0.1, 0.15) is 43.2 Å². The smallest absolute Gasteiger partial charge is 0.133 e. The highest BCUT2D eigenvalue weighted by Crippen LogP contribution is 2.37. The Balaban J connectivity index is 2.13. The maximum Gasteiger partial charge on any atom is 0.133 e. The average Bonchev–Trinajstić information content (AvgIpc) is 2.45. The molecule has 0 aliphatic heterocycles. The first-order chi connectivity index (χ1) is 9.69. The molecule has 3 rings (SSSR count). The van der Waals surface area contributed by atoms with Crippen LogP contribution in [0.3, 0.4) is 0 Å². The van der Waals surface area contributed by atoms with Gasteiger partial charge in [0.25, 0.3) is 0 Å². The quantitative estimate of drug-likeness (QED) is 0.795. The van der Waals surface area contributed by atoms with E-state index >= 15 is 0 Å². The normalized spacial score (nSPS) is 22.7. The van der Waals surface area contributed by atoms with E-state index in [-0.39, 0.29) is 5.92 Å². The van der Waals surface area contributed by atoms with E-state index in [2.05, 4.69) is 23.0 Å². The first-order valence-corrected chi connectivity index (χ1v) is 6.84. The summed E-state index contributed by atoms with van der Waals surface area (Å²) in [5.41, 5.74) is 2.98. The van der Waals surface area contributed by atoms with Gasteiger partial charge >= 0.3 is 0 Å². The molecule has 4 heteroatoms. The van der Waals surface area contributed by atoms with Gasteiger partial charge in [0.2, 0.25) is 0 Å². The maximum absolute atomic E-state index is 11.8. The van der Waals surface area contributed by atoms with Crippen LogP contribution in [0, 0.1) is 17.2 Å². The van der Waals surface area contributed by atoms with Crippen molar-refractivity contribution in [2.45, 2.75) is 32.1 Å². The molecule has 0 saturated heterocycles. The highest BCUT2D eigenvalue weighted by Gasteiger charge is 2.27. The van der Waals surface area contributed by atoms with Crippen LogP contribution in [-0.4, -0.2) is 15.8 Å². The fraction of sp³-hybridized carbons (Fsp3) is 0.375. The van der Waals surface area contributed by atoms with Gasteiger partial charge in [0, 0.05) is 25.2 Å². The Hall–Kier alpha value is -2.28. The number of benzene rings is 1. The zero-order chi connectivity index (χ0) is 14.1. The van der Waals surface area contributed by atoms with Crippen molar-refractivity contribution in [3.05, 3.63) is 35.7 Å². The molecular formula is C16H15N3O. The molecule has 20 heavy (non-hydrogen) atoms. The number of ketones is 1. The average molecular weight is 265 g/mol. The van der Waals surface area contributed by atoms with Crippen LogP contribution in [0.4, 0.5) is 0 Å². The number of carbonyl (C=O) groups excluding carboxylic acids is 1. The van der Waals surface area contributed by atoms with Crippen LogP contribution in [0.2, 0.25) is 0 Å². The number of carbonyl (C=O) groups is 1. The van der Waals surface area contributed by atoms with E-state index in [1.165, 1.54) is 0 Å². The summed E-state index contributed by atoms with van der Waals surface area (Å²) in [6.07, 6.45) is 5.48. The topological polar surface area (TPSA) is 66.6 Å². The molecule has 0 N–H and O–H groups in total. The Kier molecular flexibility index (Phi) is 3.19. The molecule has 2 atom stereocenters. The monoisotopic (exact) mass is 265 g/mol. The molecule has 1 aromatic carbocycles. The second kappa shape index (κ2) is 5.01. The molecule has 1 aliphatic rings. The molecule has 1 fully saturated rings. The van der Waals surface area contributed by atoms with Crippen molar-refractivity contribution < 1.29 is 4.79 Å². The number of nitriles is 1. The second-order valence-corrected chi connectivity index (χ2v) is 5.55. The van der Waals surface area contributed by atoms with Gasteiger partial charge in [-0.2, -0.15) is 5.26 Å². The van der Waals surface area contributed by atoms with Crippen LogP contribution in [0.15, 0.2) is 24.5 Å². The van der Waals surface area contributed by atoms with E-state index in [1.807, 2.05) is 6.07 Å². The molecule has 1 heterocycles. The molecule has 100 valence electrons. The number of fused-ring (bicyclic) bond motifs is 1. The highest BCUT2D eigenvalue weighted by atomic mass is 16.1. The fourth-order valence-corrected chi connectivity index (χ4v) is 3.13. The number of rotatable bonds is 1. The van der Waals surface area contributed by atoms with E-state index < -0.39 is 0 Å². The lowest BCUT2D eigenvalue weighted by atomic mass is 9.77. The van der Waals surface area contributed by atoms with Crippen LogP contribution >= 0.6 is 0 Å². The molecular weight excluding hydrogens is 250 g/mol. The molecule has 2 aromatic rings. The Bertz CT molecular complexity index is 717. The van der Waals surface area contributed by atoms with Gasteiger partial charge in [0.05, 0.1) is 11.1 Å². The summed E-state index contributed by atoms with van der Waals surface area (Å²) >= 11 is 0. The predicted molar refractivity (Wildman–Crippen MR) is 75.0 cm³/mol. The first kappa shape index (κ1) is 12.7. The van der Waals surface area contributed by atoms with Gasteiger partial charge in [0.15, 0.2) is 0 Å². The lowest BCUT2D eigenvalue weighted by molar-refractivity contribution is -0.121. The van der Waals surface area contributed by atoms with Gasteiger partial charge in [-0.15, -0.1) is 0 Å². The number of hydrogen-bond donors (Lipinski definition) is 0. The number of Topliss-reactive ketones (excluding diaryl/α,β-unsaturated/α-hetero) is 1. The lowest BCUT2D eigenvalue weighted by Crippen LogP contribution is -2.20. The summed E-state index contributed by atoms with van der Waals surface area (Å²) < 4.78 is 0. The minimum absolute atomic E-state index is 0.193. The van der Waals surface area contributed by atoms with Crippen molar-refractivity contribution >= 4 is 16.8 Å². The van der Waals surface area contributed by atoms with Crippen molar-refractivity contribution in [3.63, 3.8) is 0 Å². The van der Waals surface area contributed by atoms with Gasteiger partial charge in [0.1, 0.15) is 17.4 Å². The standard InChI is InChI=1S/C16H15N3O/c1-10-6-12(8-13(20)7-10)14-3-2-11(9-17)15-16(14)19-5-4-18-15/h2-5,10,12H,6-8H2,1H3/t10-,12-/m1/s1. The zero-order valence-corrected chi connectivity index (χ0v) is 11.3. The first-order valence-electron chi connectivity index (χ1n) is 6.84. The molecule has 0 amide bonds. The van der Waals surface area contributed by atoms with Crippen LogP contribution < -0.4 is 0 Å². The van der Waals surface area contributed by atoms with Crippen molar-refractivity contribution in [3.8, 4) is 6.07 Å². The predicted octanol–water partition coefficient (Wildman–Crippen LogP) is 2.97. The van der Waals surface area contributed by atoms with E-state index in [9.17, 15) is 4.79 Å². The minimum atomic E-state index is 0.193. The maximum atomic E-state index is 11.8. The summed E-state index contributed by atoms with van der Waals surface area (Å²) in [4.78, 5) is 20.5. The molecule has 1 aromatic heterocycles. The number of hydrogen-bond acceptors (Lipinski definition) is 4. The molecule has 0 bridgehead atoms. The third kappa shape index (κ3) is 2.16. The van der Waals surface area contributed by atoms with Crippen molar-refractivity contribution in [1.82, 2.24) is 9.97 Å². The summed E-state index contributed by atoms with van der Waals surface area (Å²) in [5, 5.41) is 9.15. The SMILES string of the molecule is C[C@H]1CC(=O)C[C@H](c2ccc(C#N)c3nccnc23)C1. The van der Waals surface area contributed by atoms with E-state index in [0.29, 0.717) is 35.6 Å². The third-order valence-electron chi connectivity index (χ3n) is 3.95. The van der Waals surface area contributed by atoms with Crippen molar-refractivity contribution in [2.24, 2.45) is 5.92 Å². The van der Waals surface area contributed by atoms with E-state index in [0.717, 1.165) is 17.5 Å². The zero-order valence-electron chi connectivity index (χ0n) is 11.3. The molecule has 1 aliphatic carbocycles. The van der Waals surface area contributed by atoms with Crippen molar-refractivity contribution in [2.75, 3.05) is 0 Å². The summed E-state index contributed by atoms with van der Waals surface area (Å²) in [5.74, 6) is 0.914. The van der Waals surface area contributed by atoms with Crippen molar-refractivity contribution in [1.29, 1.82) is 5.26 Å². The number of aromatic nitrogens is 2. The van der Waals surface area contributed by atoms with E-state index in [1.54, 1.807) is 18.5 Å². The largest absolute Gasteiger partial charge is 0.300 e. The number of nitrogens with zero attached hydrogens (tertiary/aromatic N) is 3. The van der Waals surface area contributed by atoms with Crippen LogP contribution in [0.5, 0.6) is 0 Å². The molecule has 4 nitrogen and oxygen atoms in total. The van der Waals surface area contributed by atoms with Gasteiger partial charge in [-0.05, 0) is 29.9 Å². The highest BCUT2D eigenvalue weighted by molar-refractivity contribution is 5.86. The lowest BCUT2D eigenvalue weighted by Gasteiger charge is -2.26. The van der Waals surface area contributed by atoms with Crippen LogP contribution in [-0.2, 0) is 4.79 Å². The minimum Gasteiger partial charge on any atom is -0.300 e. The summed E-state index contributed by atoms with van der Waals surface area (Å²) in [6.45, 7) is 2.11. The van der Waals surface area contributed by atoms with Gasteiger partial charge in [-0.1, -0.05) is 13.0 Å². The summed E-state index contributed by atoms with van der Waals surface area (Å²) in [6, 6.07) is 5.87. The van der Waals surface area contributed by atoms with Gasteiger partial charge in [-0.25, -0.2) is 0 Å². The molecule has 0 radical (unpaired) electrons. The molecule has 0 unspecified atom stereocenters. The Labute approximate surface area is 117 Å².